The lowest BCUT2D eigenvalue weighted by Crippen LogP contribution is -2.36. The number of hydrogen-bond donors (Lipinski definition) is 1. The van der Waals surface area contributed by atoms with Crippen molar-refractivity contribution in [2.75, 3.05) is 13.2 Å². The Morgan fingerprint density at radius 1 is 1.17 bits per heavy atom. The topological polar surface area (TPSA) is 81.4 Å². The first-order valence-electron chi connectivity index (χ1n) is 12.9. The number of nitrogens with zero attached hydrogens (tertiary/aromatic N) is 1. The van der Waals surface area contributed by atoms with E-state index in [0.717, 1.165) is 32.6 Å². The Kier molecular flexibility index (Phi) is 11.7. The maximum Gasteiger partial charge on any atom is 0.270 e. The van der Waals surface area contributed by atoms with Crippen LogP contribution in [0.3, 0.4) is 0 Å². The van der Waals surface area contributed by atoms with E-state index in [1.54, 1.807) is 12.1 Å². The van der Waals surface area contributed by atoms with E-state index < -0.39 is 5.92 Å². The number of ether oxygens (including phenoxy) is 1. The van der Waals surface area contributed by atoms with Crippen molar-refractivity contribution in [1.82, 2.24) is 10.3 Å². The average Bonchev–Trinajstić information content (AvgIpc) is 3.26. The molecule has 1 aliphatic carbocycles. The Morgan fingerprint density at radius 3 is 2.42 bits per heavy atom. The SMILES string of the molecule is CCC.CCc1oc(-c2ccc(C(C)(F)F)cc2)nc1COCC1CCCC(C(=O)NCC(C)=O)C1. The molecule has 1 amide bonds. The fourth-order valence-electron chi connectivity index (χ4n) is 4.16. The van der Waals surface area contributed by atoms with Crippen molar-refractivity contribution >= 4 is 11.7 Å². The van der Waals surface area contributed by atoms with Crippen LogP contribution in [0.15, 0.2) is 28.7 Å². The average molecular weight is 507 g/mol. The molecule has 3 rings (SSSR count). The molecule has 2 aromatic rings. The van der Waals surface area contributed by atoms with Crippen LogP contribution in [0.25, 0.3) is 11.5 Å². The number of Topliss-reactive ketones (excluding diaryl/α,β-unsaturated/α-hetero) is 1. The lowest BCUT2D eigenvalue weighted by molar-refractivity contribution is -0.129. The number of nitrogens with one attached hydrogen (secondary N) is 1. The molecule has 0 spiro atoms. The summed E-state index contributed by atoms with van der Waals surface area (Å²) in [6.45, 7) is 9.41. The number of halogens is 2. The van der Waals surface area contributed by atoms with Gasteiger partial charge in [-0.15, -0.1) is 0 Å². The number of oxazole rings is 1. The van der Waals surface area contributed by atoms with Crippen LogP contribution in [0.4, 0.5) is 8.78 Å². The van der Waals surface area contributed by atoms with Crippen molar-refractivity contribution in [3.05, 3.63) is 41.3 Å². The van der Waals surface area contributed by atoms with E-state index in [4.69, 9.17) is 9.15 Å². The van der Waals surface area contributed by atoms with E-state index in [9.17, 15) is 18.4 Å². The first kappa shape index (κ1) is 29.6. The van der Waals surface area contributed by atoms with Gasteiger partial charge in [-0.1, -0.05) is 45.7 Å². The van der Waals surface area contributed by atoms with Gasteiger partial charge in [0, 0.05) is 37.0 Å². The highest BCUT2D eigenvalue weighted by molar-refractivity contribution is 5.85. The molecule has 0 bridgehead atoms. The predicted octanol–water partition coefficient (Wildman–Crippen LogP) is 6.46. The fraction of sp³-hybridized carbons (Fsp3) is 0.607. The second-order valence-corrected chi connectivity index (χ2v) is 9.58. The summed E-state index contributed by atoms with van der Waals surface area (Å²) in [5, 5.41) is 2.71. The molecular formula is C28H40F2N2O4. The van der Waals surface area contributed by atoms with Crippen LogP contribution in [0.2, 0.25) is 0 Å². The van der Waals surface area contributed by atoms with Gasteiger partial charge in [-0.25, -0.2) is 13.8 Å². The van der Waals surface area contributed by atoms with E-state index in [1.165, 1.54) is 25.5 Å². The van der Waals surface area contributed by atoms with Gasteiger partial charge in [-0.2, -0.15) is 0 Å². The summed E-state index contributed by atoms with van der Waals surface area (Å²) < 4.78 is 38.7. The van der Waals surface area contributed by atoms with Crippen LogP contribution >= 0.6 is 0 Å². The smallest absolute Gasteiger partial charge is 0.270 e. The van der Waals surface area contributed by atoms with Gasteiger partial charge in [0.1, 0.15) is 17.2 Å². The molecule has 1 N–H and O–H groups in total. The number of benzene rings is 1. The van der Waals surface area contributed by atoms with Crippen molar-refractivity contribution in [3.63, 3.8) is 0 Å². The van der Waals surface area contributed by atoms with Crippen LogP contribution in [0.1, 0.15) is 83.7 Å². The molecule has 200 valence electrons. The Bertz CT molecular complexity index is 967. The molecule has 1 heterocycles. The number of ketones is 1. The molecule has 36 heavy (non-hydrogen) atoms. The summed E-state index contributed by atoms with van der Waals surface area (Å²) in [6.07, 6.45) is 5.40. The molecule has 1 saturated carbocycles. The molecule has 1 aliphatic rings. The van der Waals surface area contributed by atoms with E-state index in [0.29, 0.717) is 35.9 Å². The zero-order valence-corrected chi connectivity index (χ0v) is 22.2. The highest BCUT2D eigenvalue weighted by atomic mass is 19.3. The molecule has 1 aromatic carbocycles. The molecule has 0 saturated heterocycles. The monoisotopic (exact) mass is 506 g/mol. The van der Waals surface area contributed by atoms with E-state index in [-0.39, 0.29) is 42.2 Å². The van der Waals surface area contributed by atoms with E-state index in [2.05, 4.69) is 24.1 Å². The van der Waals surface area contributed by atoms with E-state index in [1.807, 2.05) is 6.92 Å². The van der Waals surface area contributed by atoms with E-state index >= 15 is 0 Å². The maximum atomic E-state index is 13.5. The Balaban J connectivity index is 0.00000145. The van der Waals surface area contributed by atoms with Crippen molar-refractivity contribution in [1.29, 1.82) is 0 Å². The molecule has 8 heteroatoms. The fourth-order valence-corrected chi connectivity index (χ4v) is 4.16. The second kappa shape index (κ2) is 14.2. The number of aryl methyl sites for hydroxylation is 1. The van der Waals surface area contributed by atoms with Gasteiger partial charge < -0.3 is 14.5 Å². The minimum absolute atomic E-state index is 0.0576. The highest BCUT2D eigenvalue weighted by Gasteiger charge is 2.28. The second-order valence-electron chi connectivity index (χ2n) is 9.58. The van der Waals surface area contributed by atoms with Gasteiger partial charge in [0.25, 0.3) is 5.92 Å². The summed E-state index contributed by atoms with van der Waals surface area (Å²) in [6, 6.07) is 5.94. The lowest BCUT2D eigenvalue weighted by Gasteiger charge is -2.28. The summed E-state index contributed by atoms with van der Waals surface area (Å²) >= 11 is 0. The quantitative estimate of drug-likeness (QED) is 0.400. The normalized spacial score (nSPS) is 17.8. The molecule has 2 unspecified atom stereocenters. The Hall–Kier alpha value is -2.61. The number of hydrogen-bond acceptors (Lipinski definition) is 5. The molecule has 1 fully saturated rings. The molecule has 6 nitrogen and oxygen atoms in total. The highest BCUT2D eigenvalue weighted by Crippen LogP contribution is 2.31. The summed E-state index contributed by atoms with van der Waals surface area (Å²) in [5.74, 6) is -1.74. The zero-order chi connectivity index (χ0) is 26.7. The van der Waals surface area contributed by atoms with Crippen molar-refractivity contribution in [2.45, 2.75) is 85.7 Å². The third kappa shape index (κ3) is 9.12. The first-order valence-corrected chi connectivity index (χ1v) is 12.9. The Labute approximate surface area is 213 Å². The zero-order valence-electron chi connectivity index (χ0n) is 22.2. The Morgan fingerprint density at radius 2 is 1.83 bits per heavy atom. The molecule has 0 aliphatic heterocycles. The van der Waals surface area contributed by atoms with Gasteiger partial charge in [0.2, 0.25) is 11.8 Å². The summed E-state index contributed by atoms with van der Waals surface area (Å²) in [4.78, 5) is 27.9. The van der Waals surface area contributed by atoms with Gasteiger partial charge in [0.15, 0.2) is 0 Å². The first-order chi connectivity index (χ1) is 17.1. The number of alkyl halides is 2. The molecule has 0 radical (unpaired) electrons. The largest absolute Gasteiger partial charge is 0.441 e. The standard InChI is InChI=1S/C25H32F2N2O4.C3H8/c1-4-22-21(29-24(33-22)18-8-10-20(11-9-18)25(3,26)27)15-32-14-17-6-5-7-19(12-17)23(31)28-13-16(2)30;1-3-2/h8-11,17,19H,4-7,12-15H2,1-3H3,(H,28,31);3H2,1-2H3. The van der Waals surface area contributed by atoms with Crippen LogP contribution < -0.4 is 5.32 Å². The number of amides is 1. The van der Waals surface area contributed by atoms with Crippen LogP contribution in [0, 0.1) is 11.8 Å². The number of rotatable bonds is 10. The van der Waals surface area contributed by atoms with Gasteiger partial charge in [-0.05, 0) is 44.2 Å². The molecular weight excluding hydrogens is 466 g/mol. The number of carbonyl (C=O) groups is 2. The third-order valence-corrected chi connectivity index (χ3v) is 6.00. The van der Waals surface area contributed by atoms with Crippen molar-refractivity contribution in [3.8, 4) is 11.5 Å². The predicted molar refractivity (Wildman–Crippen MR) is 136 cm³/mol. The maximum absolute atomic E-state index is 13.5. The van der Waals surface area contributed by atoms with Crippen LogP contribution in [-0.2, 0) is 33.3 Å². The number of carbonyl (C=O) groups excluding carboxylic acids is 2. The third-order valence-electron chi connectivity index (χ3n) is 6.00. The van der Waals surface area contributed by atoms with Crippen LogP contribution in [-0.4, -0.2) is 29.8 Å². The molecule has 2 atom stereocenters. The minimum atomic E-state index is -2.89. The van der Waals surface area contributed by atoms with Crippen LogP contribution in [0.5, 0.6) is 0 Å². The molecule has 1 aromatic heterocycles. The van der Waals surface area contributed by atoms with Crippen molar-refractivity contribution < 1.29 is 27.5 Å². The van der Waals surface area contributed by atoms with Gasteiger partial charge in [-0.3, -0.25) is 9.59 Å². The number of aromatic nitrogens is 1. The lowest BCUT2D eigenvalue weighted by atomic mass is 9.81. The van der Waals surface area contributed by atoms with Gasteiger partial charge >= 0.3 is 0 Å². The summed E-state index contributed by atoms with van der Waals surface area (Å²) in [7, 11) is 0. The minimum Gasteiger partial charge on any atom is -0.441 e. The summed E-state index contributed by atoms with van der Waals surface area (Å²) in [5.41, 5.74) is 1.28. The van der Waals surface area contributed by atoms with Gasteiger partial charge in [0.05, 0.1) is 13.2 Å². The van der Waals surface area contributed by atoms with Crippen molar-refractivity contribution in [2.24, 2.45) is 11.8 Å².